The first-order chi connectivity index (χ1) is 12.1. The maximum Gasteiger partial charge on any atom is 0.325 e. The van der Waals surface area contributed by atoms with Gasteiger partial charge in [-0.1, -0.05) is 35.4 Å². The summed E-state index contributed by atoms with van der Waals surface area (Å²) >= 11 is 0. The van der Waals surface area contributed by atoms with Crippen LogP contribution in [0.4, 0.5) is 0 Å². The highest BCUT2D eigenvalue weighted by Gasteiger charge is 2.51. The highest BCUT2D eigenvalue weighted by molar-refractivity contribution is 8.77. The summed E-state index contributed by atoms with van der Waals surface area (Å²) in [6.07, 6.45) is 1.26. The van der Waals surface area contributed by atoms with Gasteiger partial charge in [0, 0.05) is 5.75 Å². The van der Waals surface area contributed by atoms with E-state index in [-0.39, 0.29) is 19.0 Å². The minimum atomic E-state index is -1.80. The molecule has 0 aliphatic carbocycles. The van der Waals surface area contributed by atoms with Crippen molar-refractivity contribution in [3.63, 3.8) is 0 Å². The summed E-state index contributed by atoms with van der Waals surface area (Å²) in [6.45, 7) is 6.46. The number of ketones is 2. The SMILES string of the molecule is CCCOC(=O)[C@@H](N)C(SSC[C@H](N)C(=O)OCCC)(C(C)=O)C(C)=O. The number of esters is 2. The monoisotopic (exact) mass is 408 g/mol. The molecule has 4 N–H and O–H groups in total. The normalized spacial score (nSPS) is 13.6. The Morgan fingerprint density at radius 1 is 0.923 bits per heavy atom. The molecular weight excluding hydrogens is 380 g/mol. The van der Waals surface area contributed by atoms with E-state index in [1.807, 2.05) is 13.8 Å². The van der Waals surface area contributed by atoms with Crippen molar-refractivity contribution >= 4 is 45.1 Å². The summed E-state index contributed by atoms with van der Waals surface area (Å²) in [5, 5.41) is 0. The number of nitrogens with two attached hydrogens (primary N) is 2. The fraction of sp³-hybridized carbons (Fsp3) is 0.750. The predicted molar refractivity (Wildman–Crippen MR) is 103 cm³/mol. The van der Waals surface area contributed by atoms with Gasteiger partial charge in [0.05, 0.1) is 13.2 Å². The zero-order valence-corrected chi connectivity index (χ0v) is 17.2. The second-order valence-electron chi connectivity index (χ2n) is 5.64. The maximum absolute atomic E-state index is 12.2. The molecule has 0 unspecified atom stereocenters. The Labute approximate surface area is 161 Å². The molecule has 0 radical (unpaired) electrons. The number of hydrogen-bond donors (Lipinski definition) is 2. The summed E-state index contributed by atoms with van der Waals surface area (Å²) < 4.78 is 8.12. The average Bonchev–Trinajstić information content (AvgIpc) is 2.59. The standard InChI is InChI=1S/C16H28N2O6S2/c1-5-7-23-14(21)12(17)9-25-26-16(10(3)19,11(4)20)13(18)15(22)24-8-6-2/h12-13H,5-9,17-18H2,1-4H3/t12-,13+/m0/s1. The number of rotatable bonds is 13. The van der Waals surface area contributed by atoms with Gasteiger partial charge in [0.2, 0.25) is 0 Å². The Kier molecular flexibility index (Phi) is 11.8. The molecule has 150 valence electrons. The van der Waals surface area contributed by atoms with E-state index in [1.54, 1.807) is 0 Å². The molecule has 0 aromatic heterocycles. The van der Waals surface area contributed by atoms with Gasteiger partial charge in [0.25, 0.3) is 0 Å². The van der Waals surface area contributed by atoms with Gasteiger partial charge >= 0.3 is 11.9 Å². The number of hydrogen-bond acceptors (Lipinski definition) is 10. The molecule has 8 nitrogen and oxygen atoms in total. The van der Waals surface area contributed by atoms with Crippen LogP contribution in [0.3, 0.4) is 0 Å². The van der Waals surface area contributed by atoms with Crippen molar-refractivity contribution in [3.05, 3.63) is 0 Å². The summed E-state index contributed by atoms with van der Waals surface area (Å²) in [5.41, 5.74) is 11.6. The Bertz CT molecular complexity index is 501. The second-order valence-corrected chi connectivity index (χ2v) is 8.22. The van der Waals surface area contributed by atoms with Crippen LogP contribution in [0.15, 0.2) is 0 Å². The van der Waals surface area contributed by atoms with Crippen LogP contribution in [0.1, 0.15) is 40.5 Å². The van der Waals surface area contributed by atoms with Crippen molar-refractivity contribution < 1.29 is 28.7 Å². The summed E-state index contributed by atoms with van der Waals surface area (Å²) in [4.78, 5) is 48.2. The van der Waals surface area contributed by atoms with Crippen LogP contribution >= 0.6 is 21.6 Å². The van der Waals surface area contributed by atoms with E-state index in [9.17, 15) is 19.2 Å². The molecule has 0 saturated heterocycles. The molecule has 0 amide bonds. The van der Waals surface area contributed by atoms with Crippen LogP contribution in [0.25, 0.3) is 0 Å². The van der Waals surface area contributed by atoms with Gasteiger partial charge in [0.1, 0.15) is 12.1 Å². The van der Waals surface area contributed by atoms with Gasteiger partial charge in [-0.3, -0.25) is 19.2 Å². The molecule has 0 bridgehead atoms. The molecule has 0 spiro atoms. The average molecular weight is 409 g/mol. The largest absolute Gasteiger partial charge is 0.465 e. The molecule has 0 aliphatic rings. The topological polar surface area (TPSA) is 139 Å². The molecule has 0 saturated carbocycles. The second kappa shape index (κ2) is 12.3. The first kappa shape index (κ1) is 24.9. The quantitative estimate of drug-likeness (QED) is 0.256. The molecule has 0 aliphatic heterocycles. The van der Waals surface area contributed by atoms with Crippen LogP contribution in [0, 0.1) is 0 Å². The fourth-order valence-corrected chi connectivity index (χ4v) is 5.08. The third kappa shape index (κ3) is 6.90. The Balaban J connectivity index is 5.11. The lowest BCUT2D eigenvalue weighted by molar-refractivity contribution is -0.149. The Morgan fingerprint density at radius 2 is 1.38 bits per heavy atom. The van der Waals surface area contributed by atoms with Crippen LogP contribution in [0.5, 0.6) is 0 Å². The Hall–Kier alpha value is -1.10. The summed E-state index contributed by atoms with van der Waals surface area (Å²) in [7, 11) is 1.85. The van der Waals surface area contributed by atoms with Gasteiger partial charge in [-0.25, -0.2) is 0 Å². The Morgan fingerprint density at radius 3 is 1.81 bits per heavy atom. The van der Waals surface area contributed by atoms with Gasteiger partial charge in [-0.2, -0.15) is 0 Å². The highest BCUT2D eigenvalue weighted by Crippen LogP contribution is 2.40. The van der Waals surface area contributed by atoms with E-state index in [0.717, 1.165) is 21.6 Å². The summed E-state index contributed by atoms with van der Waals surface area (Å²) in [6, 6.07) is -2.37. The lowest BCUT2D eigenvalue weighted by Gasteiger charge is -2.31. The van der Waals surface area contributed by atoms with Crippen LogP contribution in [-0.2, 0) is 28.7 Å². The minimum Gasteiger partial charge on any atom is -0.465 e. The molecule has 0 heterocycles. The van der Waals surface area contributed by atoms with E-state index >= 15 is 0 Å². The van der Waals surface area contributed by atoms with Gasteiger partial charge in [-0.05, 0) is 26.7 Å². The van der Waals surface area contributed by atoms with E-state index < -0.39 is 40.3 Å². The van der Waals surface area contributed by atoms with Crippen molar-refractivity contribution in [1.82, 2.24) is 0 Å². The molecule has 0 aromatic carbocycles. The van der Waals surface area contributed by atoms with Gasteiger partial charge in [0.15, 0.2) is 16.3 Å². The zero-order chi connectivity index (χ0) is 20.3. The van der Waals surface area contributed by atoms with E-state index in [1.165, 1.54) is 13.8 Å². The molecular formula is C16H28N2O6S2. The molecule has 0 fully saturated rings. The van der Waals surface area contributed by atoms with Crippen molar-refractivity contribution in [2.75, 3.05) is 19.0 Å². The lowest BCUT2D eigenvalue weighted by Crippen LogP contribution is -2.59. The smallest absolute Gasteiger partial charge is 0.325 e. The first-order valence-corrected chi connectivity index (χ1v) is 10.6. The van der Waals surface area contributed by atoms with E-state index in [4.69, 9.17) is 20.9 Å². The number of carbonyl (C=O) groups is 4. The van der Waals surface area contributed by atoms with Gasteiger partial charge in [-0.15, -0.1) is 0 Å². The molecule has 2 atom stereocenters. The van der Waals surface area contributed by atoms with Crippen LogP contribution < -0.4 is 11.5 Å². The highest BCUT2D eigenvalue weighted by atomic mass is 33.1. The lowest BCUT2D eigenvalue weighted by atomic mass is 9.91. The predicted octanol–water partition coefficient (Wildman–Crippen LogP) is 0.846. The molecule has 26 heavy (non-hydrogen) atoms. The van der Waals surface area contributed by atoms with Crippen molar-refractivity contribution in [3.8, 4) is 0 Å². The van der Waals surface area contributed by atoms with E-state index in [2.05, 4.69) is 0 Å². The number of Topliss-reactive ketones (excluding diaryl/α,β-unsaturated/α-hetero) is 2. The first-order valence-electron chi connectivity index (χ1n) is 8.32. The summed E-state index contributed by atoms with van der Waals surface area (Å²) in [5.74, 6) is -2.43. The third-order valence-corrected chi connectivity index (χ3v) is 6.63. The number of carbonyl (C=O) groups excluding carboxylic acids is 4. The van der Waals surface area contributed by atoms with Gasteiger partial charge < -0.3 is 20.9 Å². The van der Waals surface area contributed by atoms with E-state index in [0.29, 0.717) is 12.8 Å². The van der Waals surface area contributed by atoms with Crippen molar-refractivity contribution in [1.29, 1.82) is 0 Å². The number of ether oxygens (including phenoxy) is 2. The van der Waals surface area contributed by atoms with Crippen LogP contribution in [-0.4, -0.2) is 59.3 Å². The minimum absolute atomic E-state index is 0.0895. The zero-order valence-electron chi connectivity index (χ0n) is 15.6. The van der Waals surface area contributed by atoms with Crippen LogP contribution in [0.2, 0.25) is 0 Å². The molecule has 0 aromatic rings. The maximum atomic E-state index is 12.2. The van der Waals surface area contributed by atoms with Crippen molar-refractivity contribution in [2.45, 2.75) is 57.4 Å². The molecule has 10 heteroatoms. The third-order valence-electron chi connectivity index (χ3n) is 3.38. The fourth-order valence-electron chi connectivity index (χ4n) is 1.89. The van der Waals surface area contributed by atoms with Crippen molar-refractivity contribution in [2.24, 2.45) is 11.5 Å². The molecule has 0 rings (SSSR count).